The van der Waals surface area contributed by atoms with E-state index < -0.39 is 4.92 Å². The molecule has 0 saturated carbocycles. The summed E-state index contributed by atoms with van der Waals surface area (Å²) in [5, 5.41) is 11.6. The highest BCUT2D eigenvalue weighted by Gasteiger charge is 2.23. The first kappa shape index (κ1) is 15.4. The van der Waals surface area contributed by atoms with Crippen LogP contribution in [0.5, 0.6) is 0 Å². The van der Waals surface area contributed by atoms with Gasteiger partial charge in [-0.15, -0.1) is 11.3 Å². The van der Waals surface area contributed by atoms with Crippen molar-refractivity contribution in [1.82, 2.24) is 9.88 Å². The van der Waals surface area contributed by atoms with Gasteiger partial charge >= 0.3 is 0 Å². The maximum atomic E-state index is 12.5. The highest BCUT2D eigenvalue weighted by molar-refractivity contribution is 7.15. The molecule has 7 nitrogen and oxygen atoms in total. The second-order valence-electron chi connectivity index (χ2n) is 5.34. The van der Waals surface area contributed by atoms with Gasteiger partial charge in [-0.3, -0.25) is 14.9 Å². The van der Waals surface area contributed by atoms with Gasteiger partial charge < -0.3 is 9.80 Å². The number of rotatable bonds is 3. The average molecular weight is 332 g/mol. The summed E-state index contributed by atoms with van der Waals surface area (Å²) in [5.74, 6) is -0.0881. The molecule has 0 spiro atoms. The van der Waals surface area contributed by atoms with E-state index in [0.717, 1.165) is 18.2 Å². The first-order chi connectivity index (χ1) is 11.0. The summed E-state index contributed by atoms with van der Waals surface area (Å²) in [6, 6.07) is 5.75. The van der Waals surface area contributed by atoms with Crippen LogP contribution in [0.15, 0.2) is 30.5 Å². The van der Waals surface area contributed by atoms with Gasteiger partial charge in [0.1, 0.15) is 0 Å². The topological polar surface area (TPSA) is 79.6 Å². The Labute approximate surface area is 137 Å². The predicted molar refractivity (Wildman–Crippen MR) is 88.1 cm³/mol. The molecule has 1 amide bonds. The fraction of sp³-hybridized carbons (Fsp3) is 0.333. The van der Waals surface area contributed by atoms with Crippen molar-refractivity contribution >= 4 is 28.1 Å². The van der Waals surface area contributed by atoms with E-state index in [1.165, 1.54) is 29.1 Å². The second kappa shape index (κ2) is 6.33. The van der Waals surface area contributed by atoms with Crippen LogP contribution in [0.2, 0.25) is 0 Å². The summed E-state index contributed by atoms with van der Waals surface area (Å²) in [4.78, 5) is 32.1. The Morgan fingerprint density at radius 2 is 1.87 bits per heavy atom. The highest BCUT2D eigenvalue weighted by atomic mass is 32.1. The minimum absolute atomic E-state index is 0.00879. The molecule has 0 radical (unpaired) electrons. The van der Waals surface area contributed by atoms with Gasteiger partial charge in [-0.05, 0) is 19.1 Å². The number of nitro benzene ring substituents is 1. The number of hydrogen-bond acceptors (Lipinski definition) is 6. The fourth-order valence-corrected chi connectivity index (χ4v) is 3.31. The SMILES string of the molecule is Cc1cnc(N2CCN(C(=O)c3ccc([N+](=O)[O-])cc3)CC2)s1. The van der Waals surface area contributed by atoms with Crippen LogP contribution in [0.3, 0.4) is 0 Å². The number of non-ortho nitro benzene ring substituents is 1. The van der Waals surface area contributed by atoms with Crippen LogP contribution < -0.4 is 4.90 Å². The molecule has 2 heterocycles. The van der Waals surface area contributed by atoms with Crippen molar-refractivity contribution in [2.45, 2.75) is 6.92 Å². The molecular weight excluding hydrogens is 316 g/mol. The van der Waals surface area contributed by atoms with Crippen LogP contribution in [0.4, 0.5) is 10.8 Å². The lowest BCUT2D eigenvalue weighted by Crippen LogP contribution is -2.48. The average Bonchev–Trinajstić information content (AvgIpc) is 3.01. The Morgan fingerprint density at radius 1 is 1.22 bits per heavy atom. The number of carbonyl (C=O) groups excluding carboxylic acids is 1. The van der Waals surface area contributed by atoms with E-state index in [2.05, 4.69) is 9.88 Å². The van der Waals surface area contributed by atoms with Gasteiger partial charge in [0.25, 0.3) is 11.6 Å². The van der Waals surface area contributed by atoms with Crippen LogP contribution in [0.1, 0.15) is 15.2 Å². The van der Waals surface area contributed by atoms with Gasteiger partial charge in [-0.2, -0.15) is 0 Å². The van der Waals surface area contributed by atoms with Crippen molar-refractivity contribution in [3.8, 4) is 0 Å². The summed E-state index contributed by atoms with van der Waals surface area (Å²) >= 11 is 1.65. The molecule has 3 rings (SSSR count). The molecule has 0 aliphatic carbocycles. The van der Waals surface area contributed by atoms with Crippen molar-refractivity contribution in [1.29, 1.82) is 0 Å². The molecule has 0 unspecified atom stereocenters. The zero-order valence-electron chi connectivity index (χ0n) is 12.6. The molecule has 8 heteroatoms. The van der Waals surface area contributed by atoms with Gasteiger partial charge in [0.15, 0.2) is 5.13 Å². The number of amides is 1. The number of anilines is 1. The Bertz CT molecular complexity index is 721. The Kier molecular flexibility index (Phi) is 4.24. The monoisotopic (exact) mass is 332 g/mol. The Morgan fingerprint density at radius 3 is 2.39 bits per heavy atom. The molecule has 0 atom stereocenters. The van der Waals surface area contributed by atoms with Gasteiger partial charge in [-0.25, -0.2) is 4.98 Å². The number of piperazine rings is 1. The summed E-state index contributed by atoms with van der Waals surface area (Å²) in [7, 11) is 0. The summed E-state index contributed by atoms with van der Waals surface area (Å²) in [6.45, 7) is 4.75. The number of aryl methyl sites for hydroxylation is 1. The third-order valence-electron chi connectivity index (χ3n) is 3.77. The van der Waals surface area contributed by atoms with E-state index in [9.17, 15) is 14.9 Å². The van der Waals surface area contributed by atoms with Crippen molar-refractivity contribution in [3.05, 3.63) is 51.0 Å². The Hall–Kier alpha value is -2.48. The van der Waals surface area contributed by atoms with Gasteiger partial charge in [0, 0.05) is 54.9 Å². The normalized spacial score (nSPS) is 14.8. The van der Waals surface area contributed by atoms with Crippen LogP contribution in [0.25, 0.3) is 0 Å². The summed E-state index contributed by atoms with van der Waals surface area (Å²) < 4.78 is 0. The quantitative estimate of drug-likeness (QED) is 0.636. The maximum Gasteiger partial charge on any atom is 0.269 e. The van der Waals surface area contributed by atoms with Crippen molar-refractivity contribution < 1.29 is 9.72 Å². The predicted octanol–water partition coefficient (Wildman–Crippen LogP) is 2.32. The molecule has 0 bridgehead atoms. The molecule has 1 fully saturated rings. The third-order valence-corrected chi connectivity index (χ3v) is 4.75. The number of thiazole rings is 1. The van der Waals surface area contributed by atoms with Crippen molar-refractivity contribution in [2.24, 2.45) is 0 Å². The molecule has 1 aromatic heterocycles. The van der Waals surface area contributed by atoms with Gasteiger partial charge in [0.2, 0.25) is 0 Å². The molecule has 120 valence electrons. The van der Waals surface area contributed by atoms with E-state index in [4.69, 9.17) is 0 Å². The van der Waals surface area contributed by atoms with Crippen LogP contribution in [-0.2, 0) is 0 Å². The van der Waals surface area contributed by atoms with Crippen molar-refractivity contribution in [3.63, 3.8) is 0 Å². The zero-order chi connectivity index (χ0) is 16.4. The Balaban J connectivity index is 1.62. The molecule has 1 aliphatic rings. The van der Waals surface area contributed by atoms with Gasteiger partial charge in [-0.1, -0.05) is 0 Å². The molecule has 0 N–H and O–H groups in total. The molecule has 1 aliphatic heterocycles. The van der Waals surface area contributed by atoms with Crippen LogP contribution in [0, 0.1) is 17.0 Å². The van der Waals surface area contributed by atoms with Crippen LogP contribution >= 0.6 is 11.3 Å². The maximum absolute atomic E-state index is 12.5. The molecule has 23 heavy (non-hydrogen) atoms. The minimum atomic E-state index is -0.469. The van der Waals surface area contributed by atoms with E-state index in [0.29, 0.717) is 18.7 Å². The third kappa shape index (κ3) is 3.31. The largest absolute Gasteiger partial charge is 0.345 e. The zero-order valence-corrected chi connectivity index (χ0v) is 13.5. The molecule has 1 saturated heterocycles. The number of hydrogen-bond donors (Lipinski definition) is 0. The van der Waals surface area contributed by atoms with Gasteiger partial charge in [0.05, 0.1) is 4.92 Å². The summed E-state index contributed by atoms with van der Waals surface area (Å²) in [6.07, 6.45) is 1.86. The van der Waals surface area contributed by atoms with Crippen molar-refractivity contribution in [2.75, 3.05) is 31.1 Å². The number of benzene rings is 1. The molecular formula is C15H16N4O3S. The lowest BCUT2D eigenvalue weighted by molar-refractivity contribution is -0.384. The van der Waals surface area contributed by atoms with E-state index in [1.807, 2.05) is 13.1 Å². The standard InChI is InChI=1S/C15H16N4O3S/c1-11-10-16-15(23-11)18-8-6-17(7-9-18)14(20)12-2-4-13(5-3-12)19(21)22/h2-5,10H,6-9H2,1H3. The number of carbonyl (C=O) groups is 1. The molecule has 1 aromatic carbocycles. The van der Waals surface area contributed by atoms with E-state index >= 15 is 0 Å². The lowest BCUT2D eigenvalue weighted by atomic mass is 10.1. The number of nitro groups is 1. The lowest BCUT2D eigenvalue weighted by Gasteiger charge is -2.34. The fourth-order valence-electron chi connectivity index (χ4n) is 2.50. The summed E-state index contributed by atoms with van der Waals surface area (Å²) in [5.41, 5.74) is 0.472. The smallest absolute Gasteiger partial charge is 0.269 e. The second-order valence-corrected chi connectivity index (χ2v) is 6.55. The highest BCUT2D eigenvalue weighted by Crippen LogP contribution is 2.23. The minimum Gasteiger partial charge on any atom is -0.345 e. The first-order valence-electron chi connectivity index (χ1n) is 7.26. The van der Waals surface area contributed by atoms with E-state index in [-0.39, 0.29) is 11.6 Å². The van der Waals surface area contributed by atoms with E-state index in [1.54, 1.807) is 16.2 Å². The first-order valence-corrected chi connectivity index (χ1v) is 8.07. The van der Waals surface area contributed by atoms with Crippen LogP contribution in [-0.4, -0.2) is 46.9 Å². The number of aromatic nitrogens is 1. The molecule has 2 aromatic rings. The number of nitrogens with zero attached hydrogens (tertiary/aromatic N) is 4.